The number of rotatable bonds is 5. The average Bonchev–Trinajstić information content (AvgIpc) is 2.66. The van der Waals surface area contributed by atoms with Crippen molar-refractivity contribution in [3.8, 4) is 0 Å². The molecule has 1 saturated heterocycles. The summed E-state index contributed by atoms with van der Waals surface area (Å²) in [5.74, 6) is -1.55. The van der Waals surface area contributed by atoms with Crippen molar-refractivity contribution in [3.05, 3.63) is 35.4 Å². The van der Waals surface area contributed by atoms with E-state index in [1.165, 1.54) is 13.1 Å². The predicted octanol–water partition coefficient (Wildman–Crippen LogP) is 2.75. The van der Waals surface area contributed by atoms with Gasteiger partial charge in [-0.25, -0.2) is 17.2 Å². The molecule has 164 valence electrons. The molecule has 0 aromatic heterocycles. The fourth-order valence-corrected chi connectivity index (χ4v) is 3.99. The number of hydrogen-bond donors (Lipinski definition) is 2. The number of nitrogens with zero attached hydrogens (tertiary/aromatic N) is 2. The Balaban J connectivity index is 1.85. The molecule has 1 fully saturated rings. The van der Waals surface area contributed by atoms with Gasteiger partial charge in [-0.2, -0.15) is 17.5 Å². The van der Waals surface area contributed by atoms with Crippen LogP contribution in [0.1, 0.15) is 31.4 Å². The lowest BCUT2D eigenvalue weighted by molar-refractivity contribution is -0.0496. The van der Waals surface area contributed by atoms with E-state index < -0.39 is 27.2 Å². The quantitative estimate of drug-likeness (QED) is 0.418. The highest BCUT2D eigenvalue weighted by atomic mass is 32.2. The van der Waals surface area contributed by atoms with Gasteiger partial charge in [0.05, 0.1) is 6.04 Å². The molecule has 1 heterocycles. The normalized spacial score (nSPS) is 18.5. The Kier molecular flexibility index (Phi) is 7.44. The van der Waals surface area contributed by atoms with Crippen molar-refractivity contribution in [1.82, 2.24) is 14.9 Å². The van der Waals surface area contributed by atoms with Gasteiger partial charge < -0.3 is 10.6 Å². The van der Waals surface area contributed by atoms with Crippen LogP contribution >= 0.6 is 0 Å². The third-order valence-electron chi connectivity index (χ3n) is 4.78. The molecule has 0 saturated carbocycles. The van der Waals surface area contributed by atoms with Gasteiger partial charge in [0.25, 0.3) is 0 Å². The van der Waals surface area contributed by atoms with Crippen molar-refractivity contribution in [1.29, 1.82) is 0 Å². The largest absolute Gasteiger partial charge is 0.511 e. The lowest BCUT2D eigenvalue weighted by Gasteiger charge is -2.32. The Labute approximate surface area is 166 Å². The zero-order chi connectivity index (χ0) is 21.8. The Morgan fingerprint density at radius 2 is 1.86 bits per heavy atom. The van der Waals surface area contributed by atoms with Gasteiger partial charge in [0.2, 0.25) is 0 Å². The minimum Gasteiger partial charge on any atom is -0.356 e. The van der Waals surface area contributed by atoms with E-state index in [1.54, 1.807) is 6.92 Å². The molecule has 6 nitrogen and oxygen atoms in total. The summed E-state index contributed by atoms with van der Waals surface area (Å²) in [6.07, 6.45) is 0.552. The summed E-state index contributed by atoms with van der Waals surface area (Å²) >= 11 is 0. The molecule has 1 aromatic rings. The van der Waals surface area contributed by atoms with E-state index in [0.29, 0.717) is 22.4 Å². The highest BCUT2D eigenvalue weighted by Gasteiger charge is 2.50. The molecule has 1 aliphatic heterocycles. The minimum atomic E-state index is -5.29. The van der Waals surface area contributed by atoms with Crippen molar-refractivity contribution in [3.63, 3.8) is 0 Å². The Morgan fingerprint density at radius 3 is 2.38 bits per heavy atom. The first-order chi connectivity index (χ1) is 13.5. The van der Waals surface area contributed by atoms with E-state index in [-0.39, 0.29) is 37.9 Å². The smallest absolute Gasteiger partial charge is 0.356 e. The second-order valence-corrected chi connectivity index (χ2v) is 8.72. The van der Waals surface area contributed by atoms with Crippen LogP contribution in [0.2, 0.25) is 0 Å². The molecule has 0 aliphatic carbocycles. The summed E-state index contributed by atoms with van der Waals surface area (Å²) in [6.45, 7) is 1.71. The number of hydrogen-bond acceptors (Lipinski definition) is 3. The molecule has 0 bridgehead atoms. The van der Waals surface area contributed by atoms with E-state index >= 15 is 0 Å². The molecule has 12 heteroatoms. The summed E-state index contributed by atoms with van der Waals surface area (Å²) in [5, 5.41) is 6.05. The molecule has 2 rings (SSSR count). The molecule has 1 unspecified atom stereocenters. The molecule has 2 N–H and O–H groups in total. The van der Waals surface area contributed by atoms with Crippen LogP contribution in [0.4, 0.5) is 22.0 Å². The molecular weight excluding hydrogens is 419 g/mol. The van der Waals surface area contributed by atoms with E-state index in [1.807, 2.05) is 0 Å². The van der Waals surface area contributed by atoms with Gasteiger partial charge in [0.15, 0.2) is 17.6 Å². The monoisotopic (exact) mass is 442 g/mol. The number of aliphatic imine (C=N–C) groups is 1. The van der Waals surface area contributed by atoms with E-state index in [4.69, 9.17) is 0 Å². The number of piperidine rings is 1. The minimum absolute atomic E-state index is 0.0354. The SMILES string of the molecule is CN=C(NCC1CCN(S(=O)(=O)C(F)(F)F)CC1)NC(C)c1ccc(F)c(F)c1. The number of halogens is 5. The van der Waals surface area contributed by atoms with Gasteiger partial charge in [0, 0.05) is 26.7 Å². The van der Waals surface area contributed by atoms with Gasteiger partial charge in [-0.1, -0.05) is 6.07 Å². The van der Waals surface area contributed by atoms with Crippen LogP contribution in [0.25, 0.3) is 0 Å². The maximum atomic E-state index is 13.4. The van der Waals surface area contributed by atoms with Crippen LogP contribution in [0.5, 0.6) is 0 Å². The number of benzene rings is 1. The van der Waals surface area contributed by atoms with E-state index in [9.17, 15) is 30.4 Å². The van der Waals surface area contributed by atoms with Crippen molar-refractivity contribution in [2.24, 2.45) is 10.9 Å². The topological polar surface area (TPSA) is 73.8 Å². The maximum absolute atomic E-state index is 13.4. The van der Waals surface area contributed by atoms with Crippen molar-refractivity contribution >= 4 is 16.0 Å². The Hall–Kier alpha value is -1.95. The molecule has 0 amide bonds. The average molecular weight is 442 g/mol. The first-order valence-corrected chi connectivity index (χ1v) is 10.4. The third-order valence-corrected chi connectivity index (χ3v) is 6.41. The van der Waals surface area contributed by atoms with Crippen LogP contribution in [0, 0.1) is 17.6 Å². The van der Waals surface area contributed by atoms with Crippen LogP contribution < -0.4 is 10.6 Å². The van der Waals surface area contributed by atoms with Crippen molar-refractivity contribution in [2.45, 2.75) is 31.3 Å². The van der Waals surface area contributed by atoms with Gasteiger partial charge in [-0.15, -0.1) is 0 Å². The number of guanidine groups is 1. The van der Waals surface area contributed by atoms with Gasteiger partial charge in [0.1, 0.15) is 0 Å². The van der Waals surface area contributed by atoms with E-state index in [0.717, 1.165) is 12.1 Å². The number of sulfonamides is 1. The Bertz CT molecular complexity index is 837. The highest BCUT2D eigenvalue weighted by Crippen LogP contribution is 2.30. The first kappa shape index (κ1) is 23.3. The summed E-state index contributed by atoms with van der Waals surface area (Å²) < 4.78 is 87.6. The first-order valence-electron chi connectivity index (χ1n) is 8.94. The molecule has 1 aromatic carbocycles. The lowest BCUT2D eigenvalue weighted by atomic mass is 9.98. The second-order valence-electron chi connectivity index (χ2n) is 6.79. The second kappa shape index (κ2) is 9.24. The van der Waals surface area contributed by atoms with Crippen molar-refractivity contribution < 1.29 is 30.4 Å². The van der Waals surface area contributed by atoms with Crippen LogP contribution in [0.3, 0.4) is 0 Å². The van der Waals surface area contributed by atoms with Crippen molar-refractivity contribution in [2.75, 3.05) is 26.7 Å². The van der Waals surface area contributed by atoms with E-state index in [2.05, 4.69) is 15.6 Å². The molecule has 29 heavy (non-hydrogen) atoms. The molecule has 0 spiro atoms. The zero-order valence-electron chi connectivity index (χ0n) is 15.9. The summed E-state index contributed by atoms with van der Waals surface area (Å²) in [5.41, 5.74) is -4.78. The molecule has 1 aliphatic rings. The van der Waals surface area contributed by atoms with Gasteiger partial charge >= 0.3 is 15.5 Å². The number of nitrogens with one attached hydrogen (secondary N) is 2. The predicted molar refractivity (Wildman–Crippen MR) is 98.5 cm³/mol. The van der Waals surface area contributed by atoms with Crippen LogP contribution in [-0.2, 0) is 10.0 Å². The standard InChI is InChI=1S/C17H23F5N4O2S/c1-11(13-3-4-14(18)15(19)9-13)25-16(23-2)24-10-12-5-7-26(8-6-12)29(27,28)17(20,21)22/h3-4,9,11-12H,5-8,10H2,1-2H3,(H2,23,24,25). The summed E-state index contributed by atoms with van der Waals surface area (Å²) in [4.78, 5) is 4.04. The molecule has 1 atom stereocenters. The fraction of sp³-hybridized carbons (Fsp3) is 0.588. The lowest BCUT2D eigenvalue weighted by Crippen LogP contribution is -2.47. The highest BCUT2D eigenvalue weighted by molar-refractivity contribution is 7.90. The molecule has 0 radical (unpaired) electrons. The van der Waals surface area contributed by atoms with Gasteiger partial charge in [-0.05, 0) is 43.4 Å². The summed E-state index contributed by atoms with van der Waals surface area (Å²) in [7, 11) is -3.77. The van der Waals surface area contributed by atoms with Gasteiger partial charge in [-0.3, -0.25) is 4.99 Å². The zero-order valence-corrected chi connectivity index (χ0v) is 16.7. The van der Waals surface area contributed by atoms with Crippen LogP contribution in [-0.4, -0.2) is 50.9 Å². The van der Waals surface area contributed by atoms with Crippen LogP contribution in [0.15, 0.2) is 23.2 Å². The Morgan fingerprint density at radius 1 is 1.24 bits per heavy atom. The summed E-state index contributed by atoms with van der Waals surface area (Å²) in [6, 6.07) is 3.18. The maximum Gasteiger partial charge on any atom is 0.511 e. The number of alkyl halides is 3. The fourth-order valence-electron chi connectivity index (χ4n) is 3.01. The molecular formula is C17H23F5N4O2S. The third kappa shape index (κ3) is 5.78.